The maximum Gasteiger partial charge on any atom is 0.164 e. The van der Waals surface area contributed by atoms with Crippen molar-refractivity contribution in [3.05, 3.63) is 163 Å². The number of allylic oxidation sites excluding steroid dienone is 1. The summed E-state index contributed by atoms with van der Waals surface area (Å²) in [5, 5.41) is 7.95. The van der Waals surface area contributed by atoms with Gasteiger partial charge in [0, 0.05) is 50.3 Å². The lowest BCUT2D eigenvalue weighted by atomic mass is 10.0. The second kappa shape index (κ2) is 11.3. The lowest BCUT2D eigenvalue weighted by Gasteiger charge is -2.12. The summed E-state index contributed by atoms with van der Waals surface area (Å²) in [6.45, 7) is 0. The molecule has 7 aromatic carbocycles. The molecule has 0 saturated heterocycles. The first-order valence-electron chi connectivity index (χ1n) is 17.7. The van der Waals surface area contributed by atoms with Gasteiger partial charge in [0.15, 0.2) is 17.5 Å². The first-order valence-corrected chi connectivity index (χ1v) is 17.7. The minimum absolute atomic E-state index is 0.606. The van der Waals surface area contributed by atoms with Gasteiger partial charge >= 0.3 is 0 Å². The zero-order valence-electron chi connectivity index (χ0n) is 28.1. The van der Waals surface area contributed by atoms with E-state index < -0.39 is 0 Å². The van der Waals surface area contributed by atoms with E-state index in [9.17, 15) is 0 Å². The Balaban J connectivity index is 1.11. The van der Waals surface area contributed by atoms with Crippen molar-refractivity contribution in [3.8, 4) is 39.9 Å². The maximum atomic E-state index is 6.63. The fourth-order valence-electron chi connectivity index (χ4n) is 8.02. The third-order valence-electron chi connectivity index (χ3n) is 10.5. The monoisotopic (exact) mass is 666 g/mol. The number of fused-ring (bicyclic) bond motifs is 8. The first kappa shape index (κ1) is 28.9. The SMILES string of the molecule is C1=Cc2c(c3ccccc3n2-c2ccc3c(c2)oc2cccc(-c4nc(-c5ccc6ccccc6c5)nc(-c5ccc6ccccc6c5)n4)c23)CC1. The van der Waals surface area contributed by atoms with Crippen molar-refractivity contribution in [2.45, 2.75) is 12.8 Å². The van der Waals surface area contributed by atoms with Crippen LogP contribution in [-0.4, -0.2) is 19.5 Å². The van der Waals surface area contributed by atoms with Crippen LogP contribution < -0.4 is 0 Å². The van der Waals surface area contributed by atoms with Crippen molar-refractivity contribution < 1.29 is 4.42 Å². The number of aryl methyl sites for hydroxylation is 1. The number of hydrogen-bond acceptors (Lipinski definition) is 4. The molecule has 0 aliphatic heterocycles. The van der Waals surface area contributed by atoms with Crippen LogP contribution in [0.3, 0.4) is 0 Å². The van der Waals surface area contributed by atoms with Crippen molar-refractivity contribution in [1.29, 1.82) is 0 Å². The molecule has 0 amide bonds. The molecular weight excluding hydrogens is 637 g/mol. The Bertz CT molecular complexity index is 3000. The largest absolute Gasteiger partial charge is 0.456 e. The van der Waals surface area contributed by atoms with E-state index in [4.69, 9.17) is 19.4 Å². The molecule has 0 radical (unpaired) electrons. The third-order valence-corrected chi connectivity index (χ3v) is 10.5. The zero-order valence-corrected chi connectivity index (χ0v) is 28.1. The Kier molecular flexibility index (Phi) is 6.31. The van der Waals surface area contributed by atoms with E-state index in [2.05, 4.69) is 150 Å². The predicted molar refractivity (Wildman–Crippen MR) is 213 cm³/mol. The minimum atomic E-state index is 0.606. The Hall–Kier alpha value is -6.85. The van der Waals surface area contributed by atoms with Crippen LogP contribution in [0.1, 0.15) is 17.7 Å². The molecule has 0 bridgehead atoms. The molecular formula is C47H30N4O. The molecule has 1 aliphatic carbocycles. The smallest absolute Gasteiger partial charge is 0.164 e. The van der Waals surface area contributed by atoms with E-state index in [1.807, 2.05) is 12.1 Å². The number of rotatable bonds is 4. The zero-order chi connectivity index (χ0) is 34.2. The average Bonchev–Trinajstić information content (AvgIpc) is 3.76. The highest BCUT2D eigenvalue weighted by Gasteiger charge is 2.21. The quantitative estimate of drug-likeness (QED) is 0.188. The van der Waals surface area contributed by atoms with Crippen molar-refractivity contribution in [2.75, 3.05) is 0 Å². The molecule has 0 unspecified atom stereocenters. The fraction of sp³-hybridized carbons (Fsp3) is 0.0426. The highest BCUT2D eigenvalue weighted by atomic mass is 16.3. The van der Waals surface area contributed by atoms with Crippen LogP contribution >= 0.6 is 0 Å². The van der Waals surface area contributed by atoms with Gasteiger partial charge in [-0.3, -0.25) is 0 Å². The molecule has 1 aliphatic rings. The first-order chi connectivity index (χ1) is 25.7. The van der Waals surface area contributed by atoms with Crippen LogP contribution in [-0.2, 0) is 6.42 Å². The summed E-state index contributed by atoms with van der Waals surface area (Å²) in [6.07, 6.45) is 6.65. The summed E-state index contributed by atoms with van der Waals surface area (Å²) in [5.74, 6) is 1.86. The van der Waals surface area contributed by atoms with Crippen molar-refractivity contribution in [2.24, 2.45) is 0 Å². The van der Waals surface area contributed by atoms with Gasteiger partial charge in [-0.2, -0.15) is 0 Å². The molecule has 10 aromatic rings. The molecule has 244 valence electrons. The summed E-state index contributed by atoms with van der Waals surface area (Å²) >= 11 is 0. The minimum Gasteiger partial charge on any atom is -0.456 e. The molecule has 0 fully saturated rings. The lowest BCUT2D eigenvalue weighted by Crippen LogP contribution is -2.00. The van der Waals surface area contributed by atoms with Crippen molar-refractivity contribution in [1.82, 2.24) is 19.5 Å². The van der Waals surface area contributed by atoms with E-state index in [-0.39, 0.29) is 0 Å². The Morgan fingerprint density at radius 1 is 0.519 bits per heavy atom. The van der Waals surface area contributed by atoms with Gasteiger partial charge in [-0.1, -0.05) is 109 Å². The van der Waals surface area contributed by atoms with Crippen molar-refractivity contribution in [3.63, 3.8) is 0 Å². The van der Waals surface area contributed by atoms with Crippen LogP contribution in [0.4, 0.5) is 0 Å². The van der Waals surface area contributed by atoms with Crippen LogP contribution in [0.25, 0.3) is 100 Å². The van der Waals surface area contributed by atoms with E-state index in [1.54, 1.807) is 0 Å². The van der Waals surface area contributed by atoms with Crippen LogP contribution in [0.15, 0.2) is 156 Å². The summed E-state index contributed by atoms with van der Waals surface area (Å²) < 4.78 is 9.00. The molecule has 0 atom stereocenters. The second-order valence-corrected chi connectivity index (χ2v) is 13.5. The van der Waals surface area contributed by atoms with Crippen LogP contribution in [0.2, 0.25) is 0 Å². The summed E-state index contributed by atoms with van der Waals surface area (Å²) in [6, 6.07) is 50.9. The topological polar surface area (TPSA) is 56.7 Å². The number of hydrogen-bond donors (Lipinski definition) is 0. The molecule has 11 rings (SSSR count). The van der Waals surface area contributed by atoms with E-state index in [0.717, 1.165) is 67.9 Å². The highest BCUT2D eigenvalue weighted by molar-refractivity contribution is 6.12. The fourth-order valence-corrected chi connectivity index (χ4v) is 8.02. The van der Waals surface area contributed by atoms with Gasteiger partial charge in [-0.15, -0.1) is 0 Å². The third kappa shape index (κ3) is 4.53. The number of benzene rings is 7. The van der Waals surface area contributed by atoms with Gasteiger partial charge in [0.2, 0.25) is 0 Å². The maximum absolute atomic E-state index is 6.63. The molecule has 52 heavy (non-hydrogen) atoms. The predicted octanol–water partition coefficient (Wildman–Crippen LogP) is 12.0. The molecule has 0 spiro atoms. The molecule has 3 heterocycles. The molecule has 0 N–H and O–H groups in total. The van der Waals surface area contributed by atoms with Crippen LogP contribution in [0.5, 0.6) is 0 Å². The second-order valence-electron chi connectivity index (χ2n) is 13.5. The van der Waals surface area contributed by atoms with Gasteiger partial charge in [0.05, 0.1) is 5.52 Å². The number of furan rings is 1. The summed E-state index contributed by atoms with van der Waals surface area (Å²) in [5.41, 5.74) is 9.35. The summed E-state index contributed by atoms with van der Waals surface area (Å²) in [7, 11) is 0. The Labute approximate surface area is 299 Å². The molecule has 3 aromatic heterocycles. The lowest BCUT2D eigenvalue weighted by molar-refractivity contribution is 0.668. The average molecular weight is 667 g/mol. The summed E-state index contributed by atoms with van der Waals surface area (Å²) in [4.78, 5) is 15.4. The molecule has 5 heteroatoms. The highest BCUT2D eigenvalue weighted by Crippen LogP contribution is 2.40. The molecule has 5 nitrogen and oxygen atoms in total. The van der Waals surface area contributed by atoms with E-state index in [0.29, 0.717) is 17.5 Å². The van der Waals surface area contributed by atoms with Gasteiger partial charge in [-0.05, 0) is 82.4 Å². The van der Waals surface area contributed by atoms with Crippen molar-refractivity contribution >= 4 is 60.5 Å². The van der Waals surface area contributed by atoms with Gasteiger partial charge < -0.3 is 8.98 Å². The van der Waals surface area contributed by atoms with Crippen LogP contribution in [0, 0.1) is 0 Å². The van der Waals surface area contributed by atoms with Gasteiger partial charge in [-0.25, -0.2) is 15.0 Å². The number of para-hydroxylation sites is 1. The van der Waals surface area contributed by atoms with Gasteiger partial charge in [0.1, 0.15) is 11.2 Å². The number of aromatic nitrogens is 4. The Morgan fingerprint density at radius 3 is 1.94 bits per heavy atom. The normalized spacial score (nSPS) is 12.8. The number of nitrogens with zero attached hydrogens (tertiary/aromatic N) is 4. The van der Waals surface area contributed by atoms with E-state index in [1.165, 1.54) is 32.9 Å². The van der Waals surface area contributed by atoms with Gasteiger partial charge in [0.25, 0.3) is 0 Å². The molecule has 0 saturated carbocycles. The standard InChI is InChI=1S/C47H30N4O/c1-3-12-31-26-33(22-20-29(31)10-1)45-48-46(34-23-21-30-11-2-4-13-32(30)27-34)50-47(49-45)39-16-9-19-42-44(39)38-25-24-35(28-43(38)52-42)51-40-17-7-5-14-36(40)37-15-6-8-18-41(37)51/h1-5,7-14,16-28H,6,15H2. The van der Waals surface area contributed by atoms with E-state index >= 15 is 0 Å². The Morgan fingerprint density at radius 2 is 1.19 bits per heavy atom.